The van der Waals surface area contributed by atoms with Gasteiger partial charge in [-0.05, 0) is 43.2 Å². The highest BCUT2D eigenvalue weighted by molar-refractivity contribution is 5.88. The van der Waals surface area contributed by atoms with Gasteiger partial charge < -0.3 is 10.0 Å². The standard InChI is InChI=1S/C17H24N2O2/c1-11(2)14-9-13(17(20)21)10-16(18-14)19-8-7-12-5-3-4-6-15(12)19/h9-12,15H,3-8H2,1-2H3,(H,20,21). The van der Waals surface area contributed by atoms with Crippen LogP contribution in [0.5, 0.6) is 0 Å². The SMILES string of the molecule is CC(C)c1cc(C(=O)O)cc(N2CCC3CCCCC32)n1. The van der Waals surface area contributed by atoms with Gasteiger partial charge in [-0.15, -0.1) is 0 Å². The van der Waals surface area contributed by atoms with Crippen molar-refractivity contribution in [1.29, 1.82) is 0 Å². The Kier molecular flexibility index (Phi) is 3.87. The molecule has 2 fully saturated rings. The van der Waals surface area contributed by atoms with Crippen LogP contribution in [0.2, 0.25) is 0 Å². The summed E-state index contributed by atoms with van der Waals surface area (Å²) >= 11 is 0. The van der Waals surface area contributed by atoms with Crippen molar-refractivity contribution in [3.63, 3.8) is 0 Å². The predicted octanol–water partition coefficient (Wildman–Crippen LogP) is 3.67. The van der Waals surface area contributed by atoms with Gasteiger partial charge in [0.25, 0.3) is 0 Å². The van der Waals surface area contributed by atoms with Gasteiger partial charge in [0.1, 0.15) is 5.82 Å². The summed E-state index contributed by atoms with van der Waals surface area (Å²) in [6, 6.07) is 4.03. The van der Waals surface area contributed by atoms with Crippen LogP contribution in [0.15, 0.2) is 12.1 Å². The Morgan fingerprint density at radius 2 is 2.05 bits per heavy atom. The molecule has 3 rings (SSSR count). The number of nitrogens with zero attached hydrogens (tertiary/aromatic N) is 2. The highest BCUT2D eigenvalue weighted by Crippen LogP contribution is 2.38. The largest absolute Gasteiger partial charge is 0.478 e. The molecule has 2 atom stereocenters. The number of aromatic nitrogens is 1. The predicted molar refractivity (Wildman–Crippen MR) is 83.0 cm³/mol. The molecule has 0 amide bonds. The fraction of sp³-hybridized carbons (Fsp3) is 0.647. The maximum atomic E-state index is 11.4. The third kappa shape index (κ3) is 2.76. The van der Waals surface area contributed by atoms with Gasteiger partial charge in [0.15, 0.2) is 0 Å². The molecule has 1 saturated carbocycles. The van der Waals surface area contributed by atoms with E-state index < -0.39 is 5.97 Å². The molecule has 2 aliphatic rings. The number of carboxylic acid groups (broad SMARTS) is 1. The molecule has 1 aromatic rings. The Morgan fingerprint density at radius 3 is 2.76 bits per heavy atom. The Hall–Kier alpha value is -1.58. The van der Waals surface area contributed by atoms with E-state index in [1.165, 1.54) is 32.1 Å². The number of anilines is 1. The summed E-state index contributed by atoms with van der Waals surface area (Å²) in [5.41, 5.74) is 1.24. The summed E-state index contributed by atoms with van der Waals surface area (Å²) in [5, 5.41) is 9.34. The first kappa shape index (κ1) is 14.4. The number of rotatable bonds is 3. The second kappa shape index (κ2) is 5.66. The molecule has 2 unspecified atom stereocenters. The molecule has 0 aromatic carbocycles. The average molecular weight is 288 g/mol. The average Bonchev–Trinajstić information content (AvgIpc) is 2.90. The first-order valence-electron chi connectivity index (χ1n) is 8.08. The highest BCUT2D eigenvalue weighted by atomic mass is 16.4. The van der Waals surface area contributed by atoms with E-state index in [2.05, 4.69) is 18.7 Å². The molecular weight excluding hydrogens is 264 g/mol. The van der Waals surface area contributed by atoms with Crippen LogP contribution in [-0.2, 0) is 0 Å². The second-order valence-electron chi connectivity index (χ2n) is 6.69. The molecular formula is C17H24N2O2. The Morgan fingerprint density at radius 1 is 1.29 bits per heavy atom. The molecule has 1 aliphatic heterocycles. The van der Waals surface area contributed by atoms with Crippen LogP contribution in [0, 0.1) is 5.92 Å². The van der Waals surface area contributed by atoms with Crippen LogP contribution in [0.25, 0.3) is 0 Å². The smallest absolute Gasteiger partial charge is 0.335 e. The van der Waals surface area contributed by atoms with Gasteiger partial charge in [0.05, 0.1) is 5.56 Å². The zero-order valence-corrected chi connectivity index (χ0v) is 12.9. The summed E-state index contributed by atoms with van der Waals surface area (Å²) < 4.78 is 0. The first-order chi connectivity index (χ1) is 10.1. The lowest BCUT2D eigenvalue weighted by Crippen LogP contribution is -2.35. The molecule has 1 N–H and O–H groups in total. The number of pyridine rings is 1. The zero-order valence-electron chi connectivity index (χ0n) is 12.9. The third-order valence-electron chi connectivity index (χ3n) is 4.97. The van der Waals surface area contributed by atoms with Crippen molar-refractivity contribution >= 4 is 11.8 Å². The molecule has 0 radical (unpaired) electrons. The van der Waals surface area contributed by atoms with Crippen molar-refractivity contribution in [3.05, 3.63) is 23.4 Å². The van der Waals surface area contributed by atoms with Crippen molar-refractivity contribution in [3.8, 4) is 0 Å². The van der Waals surface area contributed by atoms with Gasteiger partial charge in [-0.2, -0.15) is 0 Å². The number of hydrogen-bond acceptors (Lipinski definition) is 3. The van der Waals surface area contributed by atoms with Crippen molar-refractivity contribution in [2.45, 2.75) is 57.9 Å². The van der Waals surface area contributed by atoms with E-state index >= 15 is 0 Å². The molecule has 4 nitrogen and oxygen atoms in total. The molecule has 21 heavy (non-hydrogen) atoms. The van der Waals surface area contributed by atoms with Crippen LogP contribution in [0.4, 0.5) is 5.82 Å². The van der Waals surface area contributed by atoms with Crippen molar-refractivity contribution in [2.75, 3.05) is 11.4 Å². The summed E-state index contributed by atoms with van der Waals surface area (Å²) in [4.78, 5) is 18.5. The number of hydrogen-bond donors (Lipinski definition) is 1. The molecule has 1 aliphatic carbocycles. The van der Waals surface area contributed by atoms with E-state index in [1.807, 2.05) is 0 Å². The molecule has 114 valence electrons. The first-order valence-corrected chi connectivity index (χ1v) is 8.08. The molecule has 4 heteroatoms. The normalized spacial score (nSPS) is 25.2. The number of fused-ring (bicyclic) bond motifs is 1. The lowest BCUT2D eigenvalue weighted by atomic mass is 9.85. The minimum atomic E-state index is -0.861. The Labute approximate surface area is 126 Å². The van der Waals surface area contributed by atoms with Gasteiger partial charge >= 0.3 is 5.97 Å². The monoisotopic (exact) mass is 288 g/mol. The highest BCUT2D eigenvalue weighted by Gasteiger charge is 2.36. The van der Waals surface area contributed by atoms with Gasteiger partial charge in [-0.1, -0.05) is 26.7 Å². The van der Waals surface area contributed by atoms with Gasteiger partial charge in [-0.25, -0.2) is 9.78 Å². The Bertz CT molecular complexity index is 542. The minimum absolute atomic E-state index is 0.243. The Balaban J connectivity index is 1.95. The van der Waals surface area contributed by atoms with Gasteiger partial charge in [0.2, 0.25) is 0 Å². The fourth-order valence-corrected chi connectivity index (χ4v) is 3.79. The fourth-order valence-electron chi connectivity index (χ4n) is 3.79. The van der Waals surface area contributed by atoms with E-state index in [0.29, 0.717) is 11.6 Å². The quantitative estimate of drug-likeness (QED) is 0.922. The van der Waals surface area contributed by atoms with Crippen LogP contribution < -0.4 is 4.90 Å². The van der Waals surface area contributed by atoms with E-state index in [1.54, 1.807) is 12.1 Å². The maximum absolute atomic E-state index is 11.4. The van der Waals surface area contributed by atoms with Crippen LogP contribution >= 0.6 is 0 Å². The maximum Gasteiger partial charge on any atom is 0.335 e. The topological polar surface area (TPSA) is 53.4 Å². The van der Waals surface area contributed by atoms with Crippen LogP contribution in [-0.4, -0.2) is 28.6 Å². The van der Waals surface area contributed by atoms with Crippen molar-refractivity contribution < 1.29 is 9.90 Å². The third-order valence-corrected chi connectivity index (χ3v) is 4.97. The molecule has 0 spiro atoms. The van der Waals surface area contributed by atoms with Crippen molar-refractivity contribution in [2.24, 2.45) is 5.92 Å². The second-order valence-corrected chi connectivity index (χ2v) is 6.69. The van der Waals surface area contributed by atoms with Gasteiger partial charge in [-0.3, -0.25) is 0 Å². The summed E-state index contributed by atoms with van der Waals surface area (Å²) in [6.45, 7) is 5.14. The summed E-state index contributed by atoms with van der Waals surface area (Å²) in [7, 11) is 0. The molecule has 1 aromatic heterocycles. The minimum Gasteiger partial charge on any atom is -0.478 e. The van der Waals surface area contributed by atoms with E-state index in [-0.39, 0.29) is 5.92 Å². The lowest BCUT2D eigenvalue weighted by Gasteiger charge is -2.32. The van der Waals surface area contributed by atoms with E-state index in [0.717, 1.165) is 24.0 Å². The summed E-state index contributed by atoms with van der Waals surface area (Å²) in [6.07, 6.45) is 6.39. The van der Waals surface area contributed by atoms with Crippen molar-refractivity contribution in [1.82, 2.24) is 4.98 Å². The van der Waals surface area contributed by atoms with Crippen LogP contribution in [0.3, 0.4) is 0 Å². The summed E-state index contributed by atoms with van der Waals surface area (Å²) in [5.74, 6) is 1.03. The number of carboxylic acids is 1. The van der Waals surface area contributed by atoms with E-state index in [9.17, 15) is 9.90 Å². The lowest BCUT2D eigenvalue weighted by molar-refractivity contribution is 0.0696. The van der Waals surface area contributed by atoms with Crippen LogP contribution in [0.1, 0.15) is 67.9 Å². The molecule has 0 bridgehead atoms. The molecule has 1 saturated heterocycles. The number of aromatic carboxylic acids is 1. The molecule has 2 heterocycles. The van der Waals surface area contributed by atoms with E-state index in [4.69, 9.17) is 4.98 Å². The number of carbonyl (C=O) groups is 1. The van der Waals surface area contributed by atoms with Gasteiger partial charge in [0, 0.05) is 18.3 Å². The zero-order chi connectivity index (χ0) is 15.0.